The number of aromatic nitrogens is 3. The Morgan fingerprint density at radius 1 is 1.26 bits per heavy atom. The molecule has 0 fully saturated rings. The van der Waals surface area contributed by atoms with E-state index < -0.39 is 0 Å². The molecule has 19 heavy (non-hydrogen) atoms. The van der Waals surface area contributed by atoms with Gasteiger partial charge in [0.05, 0.1) is 15.7 Å². The molecule has 6 heteroatoms. The number of nitrogens with one attached hydrogen (secondary N) is 1. The number of rotatable bonds is 4. The summed E-state index contributed by atoms with van der Waals surface area (Å²) in [5.74, 6) is 1.29. The molecule has 0 aliphatic carbocycles. The summed E-state index contributed by atoms with van der Waals surface area (Å²) in [4.78, 5) is 8.76. The van der Waals surface area contributed by atoms with Crippen LogP contribution in [0.25, 0.3) is 5.82 Å². The largest absolute Gasteiger partial charge is 0.369 e. The fraction of sp³-hybridized carbons (Fsp3) is 0.385. The van der Waals surface area contributed by atoms with E-state index in [9.17, 15) is 0 Å². The minimum atomic E-state index is 0.507. The van der Waals surface area contributed by atoms with Crippen LogP contribution in [0.4, 0.5) is 5.82 Å². The summed E-state index contributed by atoms with van der Waals surface area (Å²) in [5.41, 5.74) is 1.97. The maximum Gasteiger partial charge on any atom is 0.159 e. The van der Waals surface area contributed by atoms with E-state index >= 15 is 0 Å². The minimum absolute atomic E-state index is 0.507. The van der Waals surface area contributed by atoms with Crippen LogP contribution in [0.2, 0.25) is 10.0 Å². The van der Waals surface area contributed by atoms with E-state index in [2.05, 4.69) is 22.2 Å². The molecule has 0 saturated carbocycles. The number of nitrogens with zero attached hydrogens (tertiary/aromatic N) is 3. The van der Waals surface area contributed by atoms with Crippen LogP contribution in [0.1, 0.15) is 24.7 Å². The average molecular weight is 299 g/mol. The third-order valence-corrected chi connectivity index (χ3v) is 3.50. The molecule has 2 aromatic rings. The Labute approximate surface area is 122 Å². The van der Waals surface area contributed by atoms with Crippen LogP contribution in [0.3, 0.4) is 0 Å². The van der Waals surface area contributed by atoms with Gasteiger partial charge in [-0.1, -0.05) is 30.1 Å². The Bertz CT molecular complexity index is 593. The Balaban J connectivity index is 2.48. The Morgan fingerprint density at radius 3 is 2.58 bits per heavy atom. The zero-order chi connectivity index (χ0) is 14.0. The van der Waals surface area contributed by atoms with Crippen molar-refractivity contribution in [2.45, 2.75) is 27.2 Å². The molecule has 1 N–H and O–H groups in total. The number of hydrogen-bond donors (Lipinski definition) is 1. The van der Waals surface area contributed by atoms with Crippen molar-refractivity contribution in [3.8, 4) is 5.82 Å². The number of aryl methyl sites for hydroxylation is 1. The number of anilines is 1. The van der Waals surface area contributed by atoms with Gasteiger partial charge in [0.25, 0.3) is 0 Å². The van der Waals surface area contributed by atoms with Gasteiger partial charge in [-0.3, -0.25) is 4.57 Å². The van der Waals surface area contributed by atoms with Gasteiger partial charge < -0.3 is 5.32 Å². The second-order valence-corrected chi connectivity index (χ2v) is 5.15. The smallest absolute Gasteiger partial charge is 0.159 e. The summed E-state index contributed by atoms with van der Waals surface area (Å²) < 4.78 is 1.87. The molecular weight excluding hydrogens is 283 g/mol. The number of hydrogen-bond acceptors (Lipinski definition) is 3. The van der Waals surface area contributed by atoms with Gasteiger partial charge >= 0.3 is 0 Å². The van der Waals surface area contributed by atoms with Crippen LogP contribution in [0.5, 0.6) is 0 Å². The third kappa shape index (κ3) is 2.85. The van der Waals surface area contributed by atoms with Crippen LogP contribution in [-0.4, -0.2) is 21.1 Å². The fourth-order valence-corrected chi connectivity index (χ4v) is 2.22. The lowest BCUT2D eigenvalue weighted by atomic mass is 10.3. The van der Waals surface area contributed by atoms with Gasteiger partial charge in [-0.05, 0) is 26.3 Å². The van der Waals surface area contributed by atoms with Crippen molar-refractivity contribution in [2.24, 2.45) is 0 Å². The average Bonchev–Trinajstić information content (AvgIpc) is 2.69. The zero-order valence-corrected chi connectivity index (χ0v) is 12.7. The highest BCUT2D eigenvalue weighted by Crippen LogP contribution is 2.29. The molecule has 0 bridgehead atoms. The van der Waals surface area contributed by atoms with E-state index in [-0.39, 0.29) is 0 Å². The van der Waals surface area contributed by atoms with Crippen LogP contribution in [-0.2, 0) is 0 Å². The lowest BCUT2D eigenvalue weighted by Crippen LogP contribution is -2.07. The monoisotopic (exact) mass is 298 g/mol. The highest BCUT2D eigenvalue weighted by atomic mass is 35.5. The number of halogens is 2. The van der Waals surface area contributed by atoms with Crippen molar-refractivity contribution in [3.63, 3.8) is 0 Å². The van der Waals surface area contributed by atoms with E-state index in [0.717, 1.165) is 24.4 Å². The fourth-order valence-electron chi connectivity index (χ4n) is 1.71. The van der Waals surface area contributed by atoms with Gasteiger partial charge in [0.2, 0.25) is 0 Å². The van der Waals surface area contributed by atoms with Gasteiger partial charge in [-0.25, -0.2) is 9.97 Å². The van der Waals surface area contributed by atoms with Crippen molar-refractivity contribution >= 4 is 29.0 Å². The second-order valence-electron chi connectivity index (χ2n) is 4.34. The van der Waals surface area contributed by atoms with Gasteiger partial charge in [-0.2, -0.15) is 0 Å². The molecule has 0 amide bonds. The summed E-state index contributed by atoms with van der Waals surface area (Å²) in [5, 5.41) is 4.22. The lowest BCUT2D eigenvalue weighted by Gasteiger charge is -2.12. The van der Waals surface area contributed by atoms with Gasteiger partial charge in [0.15, 0.2) is 5.82 Å². The minimum Gasteiger partial charge on any atom is -0.369 e. The van der Waals surface area contributed by atoms with Crippen molar-refractivity contribution < 1.29 is 0 Å². The van der Waals surface area contributed by atoms with E-state index in [1.54, 1.807) is 12.4 Å². The number of pyridine rings is 1. The molecule has 0 radical (unpaired) electrons. The Morgan fingerprint density at radius 2 is 2.00 bits per heavy atom. The van der Waals surface area contributed by atoms with Crippen LogP contribution in [0.15, 0.2) is 12.4 Å². The first-order valence-electron chi connectivity index (χ1n) is 6.15. The summed E-state index contributed by atoms with van der Waals surface area (Å²) >= 11 is 12.4. The topological polar surface area (TPSA) is 42.7 Å². The predicted octanol–water partition coefficient (Wildman–Crippen LogP) is 4.01. The van der Waals surface area contributed by atoms with Crippen molar-refractivity contribution in [3.05, 3.63) is 33.8 Å². The normalized spacial score (nSPS) is 10.8. The number of imidazole rings is 1. The molecular formula is C13H16Cl2N4. The van der Waals surface area contributed by atoms with Crippen LogP contribution >= 0.6 is 23.2 Å². The molecule has 2 heterocycles. The van der Waals surface area contributed by atoms with Crippen molar-refractivity contribution in [1.82, 2.24) is 14.5 Å². The molecule has 0 aliphatic heterocycles. The molecule has 102 valence electrons. The molecule has 0 aromatic carbocycles. The first-order chi connectivity index (χ1) is 9.04. The van der Waals surface area contributed by atoms with Gasteiger partial charge in [0, 0.05) is 12.2 Å². The highest BCUT2D eigenvalue weighted by molar-refractivity contribution is 6.36. The van der Waals surface area contributed by atoms with E-state index in [1.807, 2.05) is 18.4 Å². The maximum atomic E-state index is 6.23. The summed E-state index contributed by atoms with van der Waals surface area (Å²) in [6, 6.07) is 1.71. The van der Waals surface area contributed by atoms with Gasteiger partial charge in [0.1, 0.15) is 12.1 Å². The Kier molecular flexibility index (Phi) is 4.32. The SMILES string of the molecule is CCCNc1nc(-n2cnc(C)c2C)c(Cl)cc1Cl. The third-order valence-electron chi connectivity index (χ3n) is 2.93. The first-order valence-corrected chi connectivity index (χ1v) is 6.91. The van der Waals surface area contributed by atoms with Crippen molar-refractivity contribution in [2.75, 3.05) is 11.9 Å². The highest BCUT2D eigenvalue weighted by Gasteiger charge is 2.13. The molecule has 0 atom stereocenters. The maximum absolute atomic E-state index is 6.23. The molecule has 2 aromatic heterocycles. The molecule has 4 nitrogen and oxygen atoms in total. The standard InChI is InChI=1S/C13H16Cl2N4/c1-4-5-16-12-10(14)6-11(15)13(18-12)19-7-17-8(2)9(19)3/h6-7H,4-5H2,1-3H3,(H,16,18). The van der Waals surface area contributed by atoms with Gasteiger partial charge in [-0.15, -0.1) is 0 Å². The van der Waals surface area contributed by atoms with Crippen LogP contribution in [0, 0.1) is 13.8 Å². The molecule has 0 saturated heterocycles. The molecule has 0 spiro atoms. The zero-order valence-electron chi connectivity index (χ0n) is 11.2. The summed E-state index contributed by atoms with van der Waals surface area (Å²) in [7, 11) is 0. The van der Waals surface area contributed by atoms with Crippen molar-refractivity contribution in [1.29, 1.82) is 0 Å². The first kappa shape index (κ1) is 14.2. The lowest BCUT2D eigenvalue weighted by molar-refractivity contribution is 0.932. The molecule has 0 unspecified atom stereocenters. The summed E-state index contributed by atoms with van der Waals surface area (Å²) in [6.45, 7) is 6.83. The predicted molar refractivity (Wildman–Crippen MR) is 79.6 cm³/mol. The molecule has 0 aliphatic rings. The van der Waals surface area contributed by atoms with E-state index in [4.69, 9.17) is 23.2 Å². The van der Waals surface area contributed by atoms with E-state index in [1.165, 1.54) is 0 Å². The second kappa shape index (κ2) is 5.80. The summed E-state index contributed by atoms with van der Waals surface area (Å²) in [6.07, 6.45) is 2.72. The van der Waals surface area contributed by atoms with Crippen LogP contribution < -0.4 is 5.32 Å². The quantitative estimate of drug-likeness (QED) is 0.927. The molecule has 2 rings (SSSR count). The Hall–Kier alpha value is -1.26. The van der Waals surface area contributed by atoms with E-state index in [0.29, 0.717) is 21.7 Å².